The van der Waals surface area contributed by atoms with E-state index < -0.39 is 12.8 Å². The number of hydrogen-bond acceptors (Lipinski definition) is 1. The van der Waals surface area contributed by atoms with E-state index in [1.165, 1.54) is 6.92 Å². The predicted molar refractivity (Wildman–Crippen MR) is 25.5 cm³/mol. The molecule has 0 unspecified atom stereocenters. The van der Waals surface area contributed by atoms with E-state index in [2.05, 4.69) is 10.7 Å². The fraction of sp³-hybridized carbons (Fsp3) is 0.600. The molecule has 0 N–H and O–H groups in total. The molecule has 0 aromatic rings. The van der Waals surface area contributed by atoms with Crippen molar-refractivity contribution in [2.24, 2.45) is 0 Å². The van der Waals surface area contributed by atoms with E-state index in [1.807, 2.05) is 6.11 Å². The van der Waals surface area contributed by atoms with E-state index in [-0.39, 0.29) is 0 Å². The third-order valence-electron chi connectivity index (χ3n) is 0.410. The number of hydrogen-bond donors (Lipinski definition) is 0. The van der Waals surface area contributed by atoms with Crippen molar-refractivity contribution in [2.75, 3.05) is 6.61 Å². The largest absolute Gasteiger partial charge is 0.437 e. The molecule has 0 aliphatic heterocycles. The van der Waals surface area contributed by atoms with Gasteiger partial charge in [-0.15, -0.1) is 0 Å². The first-order valence-electron chi connectivity index (χ1n) is 2.16. The monoisotopic (exact) mass is 138 g/mol. The summed E-state index contributed by atoms with van der Waals surface area (Å²) in [5.74, 6) is 2.17. The van der Waals surface area contributed by atoms with E-state index >= 15 is 0 Å². The molecule has 0 atom stereocenters. The molecular formula is C5H5F3O. The predicted octanol–water partition coefficient (Wildman–Crippen LogP) is 1.55. The van der Waals surface area contributed by atoms with Crippen molar-refractivity contribution in [1.29, 1.82) is 0 Å². The van der Waals surface area contributed by atoms with Crippen LogP contribution in [0.2, 0.25) is 0 Å². The zero-order chi connectivity index (χ0) is 7.33. The molecule has 0 amide bonds. The van der Waals surface area contributed by atoms with Crippen molar-refractivity contribution in [2.45, 2.75) is 13.1 Å². The van der Waals surface area contributed by atoms with E-state index in [4.69, 9.17) is 0 Å². The first-order chi connectivity index (χ1) is 4.06. The Morgan fingerprint density at radius 3 is 2.33 bits per heavy atom. The summed E-state index contributed by atoms with van der Waals surface area (Å²) >= 11 is 0. The van der Waals surface area contributed by atoms with Crippen molar-refractivity contribution in [1.82, 2.24) is 0 Å². The minimum Gasteiger partial charge on any atom is -0.437 e. The number of rotatable bonds is 1. The normalized spacial score (nSPS) is 9.78. The lowest BCUT2D eigenvalue weighted by molar-refractivity contribution is -0.158. The van der Waals surface area contributed by atoms with Gasteiger partial charge < -0.3 is 4.74 Å². The zero-order valence-electron chi connectivity index (χ0n) is 4.75. The molecule has 1 nitrogen and oxygen atoms in total. The van der Waals surface area contributed by atoms with Crippen LogP contribution >= 0.6 is 0 Å². The van der Waals surface area contributed by atoms with Gasteiger partial charge in [-0.2, -0.15) is 13.2 Å². The van der Waals surface area contributed by atoms with Gasteiger partial charge in [-0.25, -0.2) is 0 Å². The van der Waals surface area contributed by atoms with Crippen molar-refractivity contribution >= 4 is 0 Å². The highest BCUT2D eigenvalue weighted by Crippen LogP contribution is 2.13. The van der Waals surface area contributed by atoms with E-state index in [1.54, 1.807) is 0 Å². The average molecular weight is 138 g/mol. The van der Waals surface area contributed by atoms with Gasteiger partial charge in [-0.3, -0.25) is 0 Å². The molecule has 52 valence electrons. The van der Waals surface area contributed by atoms with Crippen LogP contribution in [0.1, 0.15) is 6.92 Å². The molecule has 0 rings (SSSR count). The summed E-state index contributed by atoms with van der Waals surface area (Å²) in [6.07, 6.45) is -2.44. The Kier molecular flexibility index (Phi) is 2.93. The summed E-state index contributed by atoms with van der Waals surface area (Å²) in [4.78, 5) is 0. The molecule has 0 heterocycles. The van der Waals surface area contributed by atoms with Crippen molar-refractivity contribution in [3.63, 3.8) is 0 Å². The Balaban J connectivity index is 3.36. The van der Waals surface area contributed by atoms with Crippen LogP contribution in [-0.4, -0.2) is 12.8 Å². The third-order valence-corrected chi connectivity index (χ3v) is 0.410. The highest BCUT2D eigenvalue weighted by molar-refractivity contribution is 4.85. The molecular weight excluding hydrogens is 133 g/mol. The topological polar surface area (TPSA) is 9.23 Å². The van der Waals surface area contributed by atoms with Crippen LogP contribution in [0.3, 0.4) is 0 Å². The average Bonchev–Trinajstić information content (AvgIpc) is 1.63. The van der Waals surface area contributed by atoms with Gasteiger partial charge >= 0.3 is 6.18 Å². The Morgan fingerprint density at radius 1 is 1.44 bits per heavy atom. The van der Waals surface area contributed by atoms with Crippen LogP contribution in [0.25, 0.3) is 0 Å². The van der Waals surface area contributed by atoms with Gasteiger partial charge in [-0.1, -0.05) is 5.92 Å². The lowest BCUT2D eigenvalue weighted by Crippen LogP contribution is -2.14. The van der Waals surface area contributed by atoms with Crippen molar-refractivity contribution in [3.8, 4) is 12.0 Å². The smallest absolute Gasteiger partial charge is 0.423 e. The summed E-state index contributed by atoms with van der Waals surface area (Å²) < 4.78 is 37.4. The summed E-state index contributed by atoms with van der Waals surface area (Å²) in [5, 5.41) is 0. The number of ether oxygens (including phenoxy) is 1. The second-order valence-electron chi connectivity index (χ2n) is 1.26. The molecule has 0 aliphatic carbocycles. The van der Waals surface area contributed by atoms with E-state index in [0.29, 0.717) is 0 Å². The van der Waals surface area contributed by atoms with Crippen LogP contribution in [0.15, 0.2) is 0 Å². The second kappa shape index (κ2) is 3.23. The van der Waals surface area contributed by atoms with Crippen LogP contribution in [0.5, 0.6) is 0 Å². The first-order valence-corrected chi connectivity index (χ1v) is 2.16. The number of alkyl halides is 3. The second-order valence-corrected chi connectivity index (χ2v) is 1.26. The fourth-order valence-corrected chi connectivity index (χ4v) is 0.190. The molecule has 0 saturated heterocycles. The molecule has 0 saturated carbocycles. The van der Waals surface area contributed by atoms with Gasteiger partial charge in [0.1, 0.15) is 6.11 Å². The molecule has 0 bridgehead atoms. The van der Waals surface area contributed by atoms with Gasteiger partial charge in [0.05, 0.1) is 0 Å². The lowest BCUT2D eigenvalue weighted by Gasteiger charge is -2.01. The summed E-state index contributed by atoms with van der Waals surface area (Å²) in [6, 6.07) is 0. The SMILES string of the molecule is CC#COCC(F)(F)F. The molecule has 4 heteroatoms. The molecule has 0 fully saturated rings. The highest BCUT2D eigenvalue weighted by atomic mass is 19.4. The minimum atomic E-state index is -4.27. The summed E-state index contributed by atoms with van der Waals surface area (Å²) in [7, 11) is 0. The molecule has 0 spiro atoms. The minimum absolute atomic E-state index is 1.30. The van der Waals surface area contributed by atoms with Crippen molar-refractivity contribution < 1.29 is 17.9 Å². The first kappa shape index (κ1) is 8.15. The zero-order valence-corrected chi connectivity index (χ0v) is 4.75. The molecule has 0 aromatic heterocycles. The maximum absolute atomic E-state index is 11.2. The maximum atomic E-state index is 11.2. The highest BCUT2D eigenvalue weighted by Gasteiger charge is 2.27. The maximum Gasteiger partial charge on any atom is 0.423 e. The molecule has 0 aliphatic rings. The van der Waals surface area contributed by atoms with E-state index in [0.717, 1.165) is 0 Å². The fourth-order valence-electron chi connectivity index (χ4n) is 0.190. The number of halogens is 3. The molecule has 9 heavy (non-hydrogen) atoms. The standard InChI is InChI=1S/C5H5F3O/c1-2-3-9-4-5(6,7)8/h4H2,1H3. The van der Waals surface area contributed by atoms with Gasteiger partial charge in [-0.05, 0) is 0 Å². The summed E-state index contributed by atoms with van der Waals surface area (Å²) in [5.41, 5.74) is 0. The van der Waals surface area contributed by atoms with Crippen LogP contribution in [0, 0.1) is 12.0 Å². The van der Waals surface area contributed by atoms with Gasteiger partial charge in [0.2, 0.25) is 0 Å². The molecule has 0 radical (unpaired) electrons. The quantitative estimate of drug-likeness (QED) is 0.499. The Hall–Kier alpha value is -0.850. The van der Waals surface area contributed by atoms with Gasteiger partial charge in [0, 0.05) is 6.92 Å². The van der Waals surface area contributed by atoms with Crippen LogP contribution in [0.4, 0.5) is 13.2 Å². The van der Waals surface area contributed by atoms with Gasteiger partial charge in [0.15, 0.2) is 6.61 Å². The van der Waals surface area contributed by atoms with Crippen LogP contribution < -0.4 is 0 Å². The lowest BCUT2D eigenvalue weighted by atomic mass is 10.7. The Labute approximate surface area is 50.8 Å². The van der Waals surface area contributed by atoms with Gasteiger partial charge in [0.25, 0.3) is 0 Å². The third kappa shape index (κ3) is 7.15. The Morgan fingerprint density at radius 2 is 2.00 bits per heavy atom. The summed E-state index contributed by atoms with van der Waals surface area (Å²) in [6.45, 7) is 0.101. The molecule has 0 aromatic carbocycles. The van der Waals surface area contributed by atoms with Crippen LogP contribution in [-0.2, 0) is 4.74 Å². The van der Waals surface area contributed by atoms with E-state index in [9.17, 15) is 13.2 Å². The van der Waals surface area contributed by atoms with Crippen molar-refractivity contribution in [3.05, 3.63) is 0 Å². The Bertz CT molecular complexity index is 127.